The molecule has 4 heteroatoms. The third-order valence-electron chi connectivity index (χ3n) is 10.1. The summed E-state index contributed by atoms with van der Waals surface area (Å²) in [6.07, 6.45) is 0. The lowest BCUT2D eigenvalue weighted by Crippen LogP contribution is -2.10. The molecule has 0 atom stereocenters. The normalized spacial score (nSPS) is 12.2. The Morgan fingerprint density at radius 3 is 1.18 bits per heavy atom. The van der Waals surface area contributed by atoms with Crippen LogP contribution in [0.1, 0.15) is 63.8 Å². The molecule has 4 nitrogen and oxygen atoms in total. The maximum Gasteiger partial charge on any atom is 0.101 e. The zero-order valence-corrected chi connectivity index (χ0v) is 29.3. The third-order valence-corrected chi connectivity index (χ3v) is 10.1. The molecule has 6 aromatic carbocycles. The maximum absolute atomic E-state index is 10.4. The van der Waals surface area contributed by atoms with Crippen LogP contribution in [0.4, 0.5) is 0 Å². The fraction of sp³-hybridized carbons (Fsp3) is 0.174. The van der Waals surface area contributed by atoms with E-state index in [-0.39, 0.29) is 10.8 Å². The standard InChI is InChI=1S/C46H38N4/c1-45(2,3)33-19-21-41-37(25-33)35-11-7-9-13-39(35)49(41)43-23-29(15-17-31(43)27-47)30-16-18-32(28-48)44(24-30)50-40-14-10-8-12-36(40)38-26-34(46(4,5)6)20-22-42(38)50/h7-26H,1-6H3. The van der Waals surface area contributed by atoms with Crippen molar-refractivity contribution in [1.29, 1.82) is 10.5 Å². The lowest BCUT2D eigenvalue weighted by Gasteiger charge is -2.19. The molecule has 0 saturated carbocycles. The van der Waals surface area contributed by atoms with Gasteiger partial charge in [-0.05, 0) is 93.7 Å². The number of hydrogen-bond acceptors (Lipinski definition) is 2. The van der Waals surface area contributed by atoms with Gasteiger partial charge in [0.1, 0.15) is 12.1 Å². The van der Waals surface area contributed by atoms with Gasteiger partial charge in [0.15, 0.2) is 0 Å². The summed E-state index contributed by atoms with van der Waals surface area (Å²) < 4.78 is 4.45. The second-order valence-corrected chi connectivity index (χ2v) is 15.4. The molecule has 0 spiro atoms. The van der Waals surface area contributed by atoms with E-state index in [9.17, 15) is 10.5 Å². The van der Waals surface area contributed by atoms with Gasteiger partial charge in [-0.2, -0.15) is 10.5 Å². The highest BCUT2D eigenvalue weighted by molar-refractivity contribution is 6.11. The smallest absolute Gasteiger partial charge is 0.101 e. The molecule has 0 unspecified atom stereocenters. The summed E-state index contributed by atoms with van der Waals surface area (Å²) in [5.74, 6) is 0. The second kappa shape index (κ2) is 11.2. The Kier molecular flexibility index (Phi) is 7.00. The van der Waals surface area contributed by atoms with Crippen LogP contribution in [0.5, 0.6) is 0 Å². The monoisotopic (exact) mass is 646 g/mol. The molecule has 8 rings (SSSR count). The molecule has 50 heavy (non-hydrogen) atoms. The van der Waals surface area contributed by atoms with E-state index in [1.54, 1.807) is 0 Å². The fourth-order valence-electron chi connectivity index (χ4n) is 7.38. The zero-order chi connectivity index (χ0) is 34.9. The molecule has 0 bridgehead atoms. The first kappa shape index (κ1) is 31.2. The largest absolute Gasteiger partial charge is 0.308 e. The predicted molar refractivity (Wildman–Crippen MR) is 207 cm³/mol. The fourth-order valence-corrected chi connectivity index (χ4v) is 7.38. The minimum atomic E-state index is 0.00761. The molecule has 0 aliphatic heterocycles. The summed E-state index contributed by atoms with van der Waals surface area (Å²) >= 11 is 0. The zero-order valence-electron chi connectivity index (χ0n) is 29.3. The van der Waals surface area contributed by atoms with Crippen LogP contribution in [0.3, 0.4) is 0 Å². The Balaban J connectivity index is 1.36. The van der Waals surface area contributed by atoms with Crippen LogP contribution in [0, 0.1) is 22.7 Å². The van der Waals surface area contributed by atoms with Crippen LogP contribution in [-0.2, 0) is 10.8 Å². The molecule has 0 saturated heterocycles. The van der Waals surface area contributed by atoms with E-state index in [1.807, 2.05) is 24.3 Å². The van der Waals surface area contributed by atoms with E-state index in [2.05, 4.69) is 160 Å². The third kappa shape index (κ3) is 4.88. The number of fused-ring (bicyclic) bond motifs is 6. The second-order valence-electron chi connectivity index (χ2n) is 15.4. The summed E-state index contributed by atoms with van der Waals surface area (Å²) in [5, 5.41) is 25.4. The van der Waals surface area contributed by atoms with Crippen LogP contribution >= 0.6 is 0 Å². The van der Waals surface area contributed by atoms with Crippen molar-refractivity contribution < 1.29 is 0 Å². The highest BCUT2D eigenvalue weighted by Crippen LogP contribution is 2.39. The van der Waals surface area contributed by atoms with Crippen molar-refractivity contribution in [1.82, 2.24) is 9.13 Å². The van der Waals surface area contributed by atoms with Crippen molar-refractivity contribution in [3.05, 3.63) is 144 Å². The number of nitriles is 2. The van der Waals surface area contributed by atoms with Crippen molar-refractivity contribution in [3.63, 3.8) is 0 Å². The van der Waals surface area contributed by atoms with E-state index < -0.39 is 0 Å². The van der Waals surface area contributed by atoms with Gasteiger partial charge in [-0.3, -0.25) is 0 Å². The minimum Gasteiger partial charge on any atom is -0.308 e. The molecule has 0 fully saturated rings. The molecule has 8 aromatic rings. The topological polar surface area (TPSA) is 57.4 Å². The first-order chi connectivity index (χ1) is 24.0. The molecule has 2 aromatic heterocycles. The van der Waals surface area contributed by atoms with E-state index in [4.69, 9.17) is 0 Å². The highest BCUT2D eigenvalue weighted by atomic mass is 15.0. The Morgan fingerprint density at radius 2 is 0.800 bits per heavy atom. The molecule has 0 radical (unpaired) electrons. The van der Waals surface area contributed by atoms with Gasteiger partial charge in [0.25, 0.3) is 0 Å². The molecule has 0 N–H and O–H groups in total. The summed E-state index contributed by atoms with van der Waals surface area (Å²) in [5.41, 5.74) is 11.6. The van der Waals surface area contributed by atoms with Gasteiger partial charge < -0.3 is 9.13 Å². The average molecular weight is 647 g/mol. The number of hydrogen-bond donors (Lipinski definition) is 0. The first-order valence-corrected chi connectivity index (χ1v) is 17.1. The molecule has 242 valence electrons. The lowest BCUT2D eigenvalue weighted by molar-refractivity contribution is 0.591. The summed E-state index contributed by atoms with van der Waals surface area (Å²) in [4.78, 5) is 0. The molecular weight excluding hydrogens is 609 g/mol. The van der Waals surface area contributed by atoms with E-state index in [0.717, 1.165) is 55.3 Å². The maximum atomic E-state index is 10.4. The number of aromatic nitrogens is 2. The molecule has 0 aliphatic carbocycles. The van der Waals surface area contributed by atoms with Gasteiger partial charge >= 0.3 is 0 Å². The van der Waals surface area contributed by atoms with E-state index in [1.165, 1.54) is 21.9 Å². The van der Waals surface area contributed by atoms with Crippen LogP contribution in [0.15, 0.2) is 121 Å². The van der Waals surface area contributed by atoms with Gasteiger partial charge in [-0.15, -0.1) is 0 Å². The summed E-state index contributed by atoms with van der Waals surface area (Å²) in [7, 11) is 0. The minimum absolute atomic E-state index is 0.00761. The van der Waals surface area contributed by atoms with Gasteiger partial charge in [0.2, 0.25) is 0 Å². The summed E-state index contributed by atoms with van der Waals surface area (Å²) in [6.45, 7) is 13.4. The van der Waals surface area contributed by atoms with E-state index in [0.29, 0.717) is 11.1 Å². The SMILES string of the molecule is CC(C)(C)c1ccc2c(c1)c1ccccc1n2-c1cc(-c2ccc(C#N)c(-n3c4ccccc4c4cc(C(C)(C)C)ccc43)c2)ccc1C#N. The predicted octanol–water partition coefficient (Wildman–Crippen LogP) is 11.9. The molecular formula is C46H38N4. The number of nitrogens with zero attached hydrogens (tertiary/aromatic N) is 4. The van der Waals surface area contributed by atoms with Crippen LogP contribution in [0.25, 0.3) is 66.1 Å². The highest BCUT2D eigenvalue weighted by Gasteiger charge is 2.22. The van der Waals surface area contributed by atoms with Crippen LogP contribution < -0.4 is 0 Å². The Labute approximate surface area is 293 Å². The van der Waals surface area contributed by atoms with Crippen molar-refractivity contribution in [2.24, 2.45) is 0 Å². The molecule has 0 aliphatic rings. The van der Waals surface area contributed by atoms with Gasteiger partial charge in [-0.1, -0.05) is 102 Å². The number of para-hydroxylation sites is 2. The lowest BCUT2D eigenvalue weighted by atomic mass is 9.86. The van der Waals surface area contributed by atoms with Crippen molar-refractivity contribution >= 4 is 43.6 Å². The van der Waals surface area contributed by atoms with Crippen molar-refractivity contribution in [2.75, 3.05) is 0 Å². The Hall–Kier alpha value is -6.10. The van der Waals surface area contributed by atoms with Crippen molar-refractivity contribution in [3.8, 4) is 34.6 Å². The van der Waals surface area contributed by atoms with Gasteiger partial charge in [0, 0.05) is 21.5 Å². The molecule has 2 heterocycles. The van der Waals surface area contributed by atoms with Crippen LogP contribution in [0.2, 0.25) is 0 Å². The summed E-state index contributed by atoms with van der Waals surface area (Å²) in [6, 6.07) is 47.3. The van der Waals surface area contributed by atoms with Crippen LogP contribution in [-0.4, -0.2) is 9.13 Å². The Morgan fingerprint density at radius 1 is 0.420 bits per heavy atom. The molecule has 0 amide bonds. The first-order valence-electron chi connectivity index (χ1n) is 17.1. The van der Waals surface area contributed by atoms with Gasteiger partial charge in [0.05, 0.1) is 44.6 Å². The quantitative estimate of drug-likeness (QED) is 0.192. The average Bonchev–Trinajstić information content (AvgIpc) is 3.62. The van der Waals surface area contributed by atoms with E-state index >= 15 is 0 Å². The number of benzene rings is 6. The number of rotatable bonds is 3. The van der Waals surface area contributed by atoms with Gasteiger partial charge in [-0.25, -0.2) is 0 Å². The van der Waals surface area contributed by atoms with Crippen molar-refractivity contribution in [2.45, 2.75) is 52.4 Å². The Bertz CT molecular complexity index is 2550.